The summed E-state index contributed by atoms with van der Waals surface area (Å²) >= 11 is 1.64. The fourth-order valence-electron chi connectivity index (χ4n) is 2.39. The van der Waals surface area contributed by atoms with Gasteiger partial charge < -0.3 is 9.47 Å². The van der Waals surface area contributed by atoms with Crippen molar-refractivity contribution in [2.24, 2.45) is 0 Å². The van der Waals surface area contributed by atoms with Gasteiger partial charge in [-0.3, -0.25) is 0 Å². The summed E-state index contributed by atoms with van der Waals surface area (Å²) in [6.45, 7) is 3.99. The van der Waals surface area contributed by atoms with Crippen molar-refractivity contribution in [2.45, 2.75) is 38.9 Å². The van der Waals surface area contributed by atoms with Gasteiger partial charge in [0.15, 0.2) is 0 Å². The Hall–Kier alpha value is -2.27. The lowest BCUT2D eigenvalue weighted by atomic mass is 10.2. The quantitative estimate of drug-likeness (QED) is 0.538. The van der Waals surface area contributed by atoms with E-state index in [0.717, 1.165) is 12.8 Å². The second kappa shape index (κ2) is 11.4. The fraction of sp³-hybridized carbons (Fsp3) is 0.364. The molecule has 0 radical (unpaired) electrons. The lowest BCUT2D eigenvalue weighted by molar-refractivity contribution is 0.0342. The van der Waals surface area contributed by atoms with Crippen LogP contribution in [-0.2, 0) is 9.47 Å². The van der Waals surface area contributed by atoms with E-state index >= 15 is 0 Å². The first kappa shape index (κ1) is 21.0. The van der Waals surface area contributed by atoms with Crippen LogP contribution in [0.25, 0.3) is 0 Å². The maximum atomic E-state index is 12.2. The summed E-state index contributed by atoms with van der Waals surface area (Å²) in [7, 11) is 0. The highest BCUT2D eigenvalue weighted by Crippen LogP contribution is 2.16. The minimum atomic E-state index is -0.300. The highest BCUT2D eigenvalue weighted by molar-refractivity contribution is 7.99. The molecule has 2 rings (SSSR count). The summed E-state index contributed by atoms with van der Waals surface area (Å²) in [6, 6.07) is 18.0. The molecule has 0 N–H and O–H groups in total. The first-order chi connectivity index (χ1) is 13.1. The van der Waals surface area contributed by atoms with Crippen molar-refractivity contribution in [2.75, 3.05) is 11.5 Å². The number of carbonyl (C=O) groups excluding carboxylic acids is 2. The molecule has 27 heavy (non-hydrogen) atoms. The molecule has 2 atom stereocenters. The summed E-state index contributed by atoms with van der Waals surface area (Å²) in [6.07, 6.45) is 1.16. The molecular weight excluding hydrogens is 360 g/mol. The molecule has 2 aromatic carbocycles. The van der Waals surface area contributed by atoms with Gasteiger partial charge in [0, 0.05) is 11.5 Å². The Morgan fingerprint density at radius 3 is 1.44 bits per heavy atom. The minimum absolute atomic E-state index is 0.162. The number of rotatable bonds is 10. The number of hydrogen-bond donors (Lipinski definition) is 0. The number of benzene rings is 2. The molecule has 0 aliphatic rings. The number of thioether (sulfide) groups is 1. The van der Waals surface area contributed by atoms with Crippen molar-refractivity contribution < 1.29 is 19.1 Å². The first-order valence-electron chi connectivity index (χ1n) is 9.23. The molecule has 0 saturated carbocycles. The summed E-state index contributed by atoms with van der Waals surface area (Å²) in [5.41, 5.74) is 1.12. The largest absolute Gasteiger partial charge is 0.458 e. The highest BCUT2D eigenvalue weighted by atomic mass is 32.2. The Morgan fingerprint density at radius 1 is 0.741 bits per heavy atom. The topological polar surface area (TPSA) is 52.6 Å². The number of hydrogen-bond acceptors (Lipinski definition) is 5. The molecule has 0 amide bonds. The van der Waals surface area contributed by atoms with Crippen molar-refractivity contribution in [1.29, 1.82) is 0 Å². The first-order valence-corrected chi connectivity index (χ1v) is 10.4. The number of carbonyl (C=O) groups is 2. The third-order valence-corrected chi connectivity index (χ3v) is 5.30. The molecule has 0 bridgehead atoms. The number of esters is 2. The van der Waals surface area contributed by atoms with E-state index < -0.39 is 0 Å². The normalized spacial score (nSPS) is 12.8. The van der Waals surface area contributed by atoms with Crippen LogP contribution in [-0.4, -0.2) is 35.7 Å². The molecule has 0 heterocycles. The van der Waals surface area contributed by atoms with Crippen LogP contribution in [0.1, 0.15) is 47.4 Å². The molecule has 4 nitrogen and oxygen atoms in total. The molecule has 5 heteroatoms. The fourth-order valence-corrected chi connectivity index (χ4v) is 3.66. The molecule has 0 aliphatic heterocycles. The van der Waals surface area contributed by atoms with Crippen molar-refractivity contribution in [3.05, 3.63) is 71.8 Å². The standard InChI is InChI=1S/C22H26O4S/c1-3-19(25-21(23)17-11-7-5-8-12-17)15-27-16-20(4-2)26-22(24)18-13-9-6-10-14-18/h5-14,19-20H,3-4,15-16H2,1-2H3. The highest BCUT2D eigenvalue weighted by Gasteiger charge is 2.18. The molecule has 144 valence electrons. The minimum Gasteiger partial charge on any atom is -0.458 e. The monoisotopic (exact) mass is 386 g/mol. The molecule has 0 aliphatic carbocycles. The Bertz CT molecular complexity index is 641. The average molecular weight is 387 g/mol. The van der Waals surface area contributed by atoms with Gasteiger partial charge >= 0.3 is 11.9 Å². The lowest BCUT2D eigenvalue weighted by Gasteiger charge is -2.19. The van der Waals surface area contributed by atoms with Crippen LogP contribution in [0.15, 0.2) is 60.7 Å². The predicted octanol–water partition coefficient (Wildman–Crippen LogP) is 4.99. The maximum Gasteiger partial charge on any atom is 0.338 e. The van der Waals surface area contributed by atoms with E-state index in [0.29, 0.717) is 22.6 Å². The van der Waals surface area contributed by atoms with Gasteiger partial charge in [0.1, 0.15) is 12.2 Å². The Balaban J connectivity index is 1.78. The van der Waals surface area contributed by atoms with Crippen LogP contribution in [0.4, 0.5) is 0 Å². The van der Waals surface area contributed by atoms with Gasteiger partial charge in [0.25, 0.3) is 0 Å². The van der Waals surface area contributed by atoms with Crippen LogP contribution in [0, 0.1) is 0 Å². The van der Waals surface area contributed by atoms with Crippen LogP contribution in [0.2, 0.25) is 0 Å². The zero-order chi connectivity index (χ0) is 19.5. The van der Waals surface area contributed by atoms with E-state index in [1.165, 1.54) is 0 Å². The van der Waals surface area contributed by atoms with Crippen LogP contribution >= 0.6 is 11.8 Å². The van der Waals surface area contributed by atoms with E-state index in [4.69, 9.17) is 9.47 Å². The van der Waals surface area contributed by atoms with Crippen molar-refractivity contribution >= 4 is 23.7 Å². The summed E-state index contributed by atoms with van der Waals surface area (Å²) in [5.74, 6) is 0.749. The maximum absolute atomic E-state index is 12.2. The van der Waals surface area contributed by atoms with E-state index in [1.54, 1.807) is 36.0 Å². The SMILES string of the molecule is CCC(CSCC(CC)OC(=O)c1ccccc1)OC(=O)c1ccccc1. The molecule has 0 spiro atoms. The summed E-state index contributed by atoms with van der Waals surface area (Å²) < 4.78 is 11.2. The summed E-state index contributed by atoms with van der Waals surface area (Å²) in [4.78, 5) is 24.3. The van der Waals surface area contributed by atoms with Crippen molar-refractivity contribution in [3.63, 3.8) is 0 Å². The second-order valence-corrected chi connectivity index (χ2v) is 7.22. The Kier molecular flexibility index (Phi) is 8.92. The average Bonchev–Trinajstić information content (AvgIpc) is 2.73. The molecule has 0 aromatic heterocycles. The van der Waals surface area contributed by atoms with Gasteiger partial charge in [0.2, 0.25) is 0 Å². The van der Waals surface area contributed by atoms with Gasteiger partial charge in [-0.25, -0.2) is 9.59 Å². The van der Waals surface area contributed by atoms with Crippen LogP contribution in [0.5, 0.6) is 0 Å². The van der Waals surface area contributed by atoms with E-state index in [2.05, 4.69) is 0 Å². The van der Waals surface area contributed by atoms with E-state index in [-0.39, 0.29) is 24.1 Å². The molecule has 2 aromatic rings. The molecule has 0 saturated heterocycles. The van der Waals surface area contributed by atoms with Gasteiger partial charge in [-0.15, -0.1) is 0 Å². The van der Waals surface area contributed by atoms with Crippen LogP contribution in [0.3, 0.4) is 0 Å². The summed E-state index contributed by atoms with van der Waals surface area (Å²) in [5, 5.41) is 0. The van der Waals surface area contributed by atoms with Crippen molar-refractivity contribution in [1.82, 2.24) is 0 Å². The Labute approximate surface area is 165 Å². The third-order valence-electron chi connectivity index (χ3n) is 4.08. The van der Waals surface area contributed by atoms with Gasteiger partial charge in [-0.1, -0.05) is 50.2 Å². The third kappa shape index (κ3) is 7.10. The zero-order valence-electron chi connectivity index (χ0n) is 15.8. The lowest BCUT2D eigenvalue weighted by Crippen LogP contribution is -2.23. The van der Waals surface area contributed by atoms with Crippen LogP contribution < -0.4 is 0 Å². The van der Waals surface area contributed by atoms with E-state index in [9.17, 15) is 9.59 Å². The predicted molar refractivity (Wildman–Crippen MR) is 109 cm³/mol. The zero-order valence-corrected chi connectivity index (χ0v) is 16.6. The molecule has 0 fully saturated rings. The smallest absolute Gasteiger partial charge is 0.338 e. The molecule has 2 unspecified atom stereocenters. The Morgan fingerprint density at radius 2 is 1.11 bits per heavy atom. The molecular formula is C22H26O4S. The van der Waals surface area contributed by atoms with Gasteiger partial charge in [-0.05, 0) is 37.1 Å². The van der Waals surface area contributed by atoms with Gasteiger partial charge in [0.05, 0.1) is 11.1 Å². The number of ether oxygens (including phenoxy) is 2. The van der Waals surface area contributed by atoms with Gasteiger partial charge in [-0.2, -0.15) is 11.8 Å². The van der Waals surface area contributed by atoms with Crippen molar-refractivity contribution in [3.8, 4) is 0 Å². The van der Waals surface area contributed by atoms with E-state index in [1.807, 2.05) is 50.2 Å². The second-order valence-electron chi connectivity index (χ2n) is 6.14.